The maximum Gasteiger partial charge on any atom is 0.147 e. The Labute approximate surface area is 89.7 Å². The third-order valence-corrected chi connectivity index (χ3v) is 2.64. The summed E-state index contributed by atoms with van der Waals surface area (Å²) < 4.78 is 13.4. The SMILES string of the molecule is Fc1cccc2c1[nH]c1cnc(Cl)cc12. The number of aromatic amines is 1. The lowest BCUT2D eigenvalue weighted by Crippen LogP contribution is -1.74. The first-order chi connectivity index (χ1) is 7.25. The van der Waals surface area contributed by atoms with Gasteiger partial charge in [0.1, 0.15) is 11.0 Å². The molecule has 2 aromatic heterocycles. The lowest BCUT2D eigenvalue weighted by atomic mass is 10.2. The molecule has 0 bridgehead atoms. The minimum atomic E-state index is -0.264. The smallest absolute Gasteiger partial charge is 0.147 e. The largest absolute Gasteiger partial charge is 0.351 e. The second-order valence-corrected chi connectivity index (χ2v) is 3.73. The van der Waals surface area contributed by atoms with Gasteiger partial charge >= 0.3 is 0 Å². The lowest BCUT2D eigenvalue weighted by Gasteiger charge is -1.91. The van der Waals surface area contributed by atoms with Crippen LogP contribution in [0.4, 0.5) is 4.39 Å². The monoisotopic (exact) mass is 220 g/mol. The number of pyridine rings is 1. The molecule has 0 aliphatic carbocycles. The fraction of sp³-hybridized carbons (Fsp3) is 0. The average molecular weight is 221 g/mol. The standard InChI is InChI=1S/C11H6ClFN2/c12-10-4-7-6-2-1-3-8(13)11(6)15-9(7)5-14-10/h1-5,15H. The molecule has 3 rings (SSSR count). The maximum absolute atomic E-state index is 13.4. The van der Waals surface area contributed by atoms with Crippen molar-refractivity contribution < 1.29 is 4.39 Å². The summed E-state index contributed by atoms with van der Waals surface area (Å²) in [4.78, 5) is 6.92. The molecule has 1 aromatic carbocycles. The van der Waals surface area contributed by atoms with Crippen LogP contribution in [-0.4, -0.2) is 9.97 Å². The number of rotatable bonds is 0. The first-order valence-corrected chi connectivity index (χ1v) is 4.85. The summed E-state index contributed by atoms with van der Waals surface area (Å²) in [7, 11) is 0. The zero-order chi connectivity index (χ0) is 10.4. The number of aromatic nitrogens is 2. The number of nitrogens with zero attached hydrogens (tertiary/aromatic N) is 1. The van der Waals surface area contributed by atoms with Crippen molar-refractivity contribution in [2.45, 2.75) is 0 Å². The summed E-state index contributed by atoms with van der Waals surface area (Å²) >= 11 is 5.80. The maximum atomic E-state index is 13.4. The molecule has 0 spiro atoms. The van der Waals surface area contributed by atoms with Crippen molar-refractivity contribution in [1.82, 2.24) is 9.97 Å². The predicted molar refractivity (Wildman–Crippen MR) is 58.6 cm³/mol. The van der Waals surface area contributed by atoms with Gasteiger partial charge in [0, 0.05) is 10.8 Å². The van der Waals surface area contributed by atoms with E-state index >= 15 is 0 Å². The number of hydrogen-bond donors (Lipinski definition) is 1. The molecule has 1 N–H and O–H groups in total. The Kier molecular flexibility index (Phi) is 1.70. The number of halogens is 2. The predicted octanol–water partition coefficient (Wildman–Crippen LogP) is 3.51. The van der Waals surface area contributed by atoms with Crippen LogP contribution in [0.2, 0.25) is 5.15 Å². The van der Waals surface area contributed by atoms with E-state index < -0.39 is 0 Å². The molecule has 0 saturated carbocycles. The van der Waals surface area contributed by atoms with Gasteiger partial charge in [-0.2, -0.15) is 0 Å². The molecule has 2 heterocycles. The van der Waals surface area contributed by atoms with Crippen molar-refractivity contribution >= 4 is 33.4 Å². The molecule has 15 heavy (non-hydrogen) atoms. The highest BCUT2D eigenvalue weighted by atomic mass is 35.5. The molecule has 0 fully saturated rings. The molecule has 0 aliphatic rings. The number of H-pyrrole nitrogens is 1. The quantitative estimate of drug-likeness (QED) is 0.577. The number of benzene rings is 1. The fourth-order valence-electron chi connectivity index (χ4n) is 1.76. The topological polar surface area (TPSA) is 28.7 Å². The molecule has 0 aliphatic heterocycles. The highest BCUT2D eigenvalue weighted by Gasteiger charge is 2.07. The highest BCUT2D eigenvalue weighted by Crippen LogP contribution is 2.27. The van der Waals surface area contributed by atoms with Crippen molar-refractivity contribution in [3.8, 4) is 0 Å². The summed E-state index contributed by atoms with van der Waals surface area (Å²) in [5.41, 5.74) is 1.29. The van der Waals surface area contributed by atoms with E-state index in [-0.39, 0.29) is 5.82 Å². The van der Waals surface area contributed by atoms with Crippen molar-refractivity contribution in [1.29, 1.82) is 0 Å². The van der Waals surface area contributed by atoms with Gasteiger partial charge in [-0.15, -0.1) is 0 Å². The Morgan fingerprint density at radius 2 is 2.13 bits per heavy atom. The van der Waals surface area contributed by atoms with Crippen molar-refractivity contribution in [3.63, 3.8) is 0 Å². The van der Waals surface area contributed by atoms with Gasteiger partial charge in [-0.3, -0.25) is 0 Å². The van der Waals surface area contributed by atoms with E-state index in [9.17, 15) is 4.39 Å². The second-order valence-electron chi connectivity index (χ2n) is 3.34. The summed E-state index contributed by atoms with van der Waals surface area (Å²) in [5, 5.41) is 2.13. The number of fused-ring (bicyclic) bond motifs is 3. The fourth-order valence-corrected chi connectivity index (χ4v) is 1.92. The van der Waals surface area contributed by atoms with E-state index in [0.717, 1.165) is 16.3 Å². The summed E-state index contributed by atoms with van der Waals surface area (Å²) in [6.45, 7) is 0. The second kappa shape index (κ2) is 2.94. The van der Waals surface area contributed by atoms with Crippen LogP contribution < -0.4 is 0 Å². The summed E-state index contributed by atoms with van der Waals surface area (Å²) in [6, 6.07) is 6.69. The van der Waals surface area contributed by atoms with Crippen LogP contribution in [0.1, 0.15) is 0 Å². The Hall–Kier alpha value is -1.61. The van der Waals surface area contributed by atoms with Crippen molar-refractivity contribution in [2.75, 3.05) is 0 Å². The van der Waals surface area contributed by atoms with Gasteiger partial charge in [-0.25, -0.2) is 9.37 Å². The van der Waals surface area contributed by atoms with Crippen molar-refractivity contribution in [3.05, 3.63) is 41.4 Å². The molecule has 74 valence electrons. The molecule has 2 nitrogen and oxygen atoms in total. The molecule has 0 amide bonds. The molecule has 3 aromatic rings. The van der Waals surface area contributed by atoms with Crippen LogP contribution in [0.15, 0.2) is 30.5 Å². The van der Waals surface area contributed by atoms with Gasteiger partial charge in [0.25, 0.3) is 0 Å². The minimum Gasteiger partial charge on any atom is -0.351 e. The third kappa shape index (κ3) is 1.20. The van der Waals surface area contributed by atoms with E-state index in [1.807, 2.05) is 6.07 Å². The first kappa shape index (κ1) is 8.68. The van der Waals surface area contributed by atoms with Crippen LogP contribution in [0.5, 0.6) is 0 Å². The van der Waals surface area contributed by atoms with Crippen LogP contribution >= 0.6 is 11.6 Å². The van der Waals surface area contributed by atoms with E-state index in [0.29, 0.717) is 10.7 Å². The van der Waals surface area contributed by atoms with Crippen LogP contribution in [0.25, 0.3) is 21.8 Å². The number of hydrogen-bond acceptors (Lipinski definition) is 1. The minimum absolute atomic E-state index is 0.264. The Bertz CT molecular complexity index is 660. The van der Waals surface area contributed by atoms with E-state index in [2.05, 4.69) is 9.97 Å². The molecule has 4 heteroatoms. The third-order valence-electron chi connectivity index (χ3n) is 2.43. The van der Waals surface area contributed by atoms with Crippen molar-refractivity contribution in [2.24, 2.45) is 0 Å². The van der Waals surface area contributed by atoms with Crippen LogP contribution in [0, 0.1) is 5.82 Å². The molecule has 0 saturated heterocycles. The molecule has 0 radical (unpaired) electrons. The van der Waals surface area contributed by atoms with Gasteiger partial charge in [0.2, 0.25) is 0 Å². The Morgan fingerprint density at radius 1 is 1.27 bits per heavy atom. The van der Waals surface area contributed by atoms with Crippen LogP contribution in [-0.2, 0) is 0 Å². The van der Waals surface area contributed by atoms with Gasteiger partial charge in [-0.05, 0) is 12.1 Å². The normalized spacial score (nSPS) is 11.3. The van der Waals surface area contributed by atoms with Crippen LogP contribution in [0.3, 0.4) is 0 Å². The molecular weight excluding hydrogens is 215 g/mol. The van der Waals surface area contributed by atoms with E-state index in [1.165, 1.54) is 6.07 Å². The number of para-hydroxylation sites is 1. The van der Waals surface area contributed by atoms with E-state index in [4.69, 9.17) is 11.6 Å². The molecule has 0 atom stereocenters. The zero-order valence-corrected chi connectivity index (χ0v) is 8.35. The summed E-state index contributed by atoms with van der Waals surface area (Å²) in [6.07, 6.45) is 1.61. The summed E-state index contributed by atoms with van der Waals surface area (Å²) in [5.74, 6) is -0.264. The Balaban J connectivity index is 2.58. The van der Waals surface area contributed by atoms with Gasteiger partial charge in [0.15, 0.2) is 0 Å². The molecule has 0 unspecified atom stereocenters. The van der Waals surface area contributed by atoms with E-state index in [1.54, 1.807) is 18.3 Å². The molecular formula is C11H6ClFN2. The first-order valence-electron chi connectivity index (χ1n) is 4.47. The van der Waals surface area contributed by atoms with Gasteiger partial charge < -0.3 is 4.98 Å². The number of nitrogens with one attached hydrogen (secondary N) is 1. The Morgan fingerprint density at radius 3 is 3.00 bits per heavy atom. The highest BCUT2D eigenvalue weighted by molar-refractivity contribution is 6.30. The average Bonchev–Trinajstić information content (AvgIpc) is 2.58. The van der Waals surface area contributed by atoms with Gasteiger partial charge in [-0.1, -0.05) is 23.7 Å². The lowest BCUT2D eigenvalue weighted by molar-refractivity contribution is 0.637. The van der Waals surface area contributed by atoms with Gasteiger partial charge in [0.05, 0.1) is 17.2 Å². The zero-order valence-electron chi connectivity index (χ0n) is 7.59.